The van der Waals surface area contributed by atoms with Crippen LogP contribution in [0.4, 0.5) is 17.1 Å². The fraction of sp³-hybridized carbons (Fsp3) is 0.263. The Kier molecular flexibility index (Phi) is 5.71. The normalized spacial score (nSPS) is 14.0. The quantitative estimate of drug-likeness (QED) is 0.763. The van der Waals surface area contributed by atoms with Crippen molar-refractivity contribution in [3.63, 3.8) is 0 Å². The summed E-state index contributed by atoms with van der Waals surface area (Å²) in [4.78, 5) is 26.3. The first-order valence-corrected chi connectivity index (χ1v) is 9.14. The molecule has 1 fully saturated rings. The van der Waals surface area contributed by atoms with Gasteiger partial charge in [0.05, 0.1) is 0 Å². The number of anilines is 3. The summed E-state index contributed by atoms with van der Waals surface area (Å²) in [6, 6.07) is 14.7. The Bertz CT molecular complexity index is 738. The number of nitrogens with one attached hydrogen (secondary N) is 2. The molecule has 0 saturated carbocycles. The summed E-state index contributed by atoms with van der Waals surface area (Å²) in [6.45, 7) is 2.14. The lowest BCUT2D eigenvalue weighted by atomic mass is 10.1. The molecule has 2 aromatic carbocycles. The number of rotatable bonds is 3. The van der Waals surface area contributed by atoms with Crippen molar-refractivity contribution in [1.82, 2.24) is 0 Å². The van der Waals surface area contributed by atoms with Gasteiger partial charge in [0.1, 0.15) is 0 Å². The zero-order chi connectivity index (χ0) is 17.6. The van der Waals surface area contributed by atoms with Gasteiger partial charge in [-0.3, -0.25) is 9.59 Å². The second-order valence-electron chi connectivity index (χ2n) is 6.01. The van der Waals surface area contributed by atoms with Crippen LogP contribution in [0.5, 0.6) is 0 Å². The van der Waals surface area contributed by atoms with E-state index in [0.717, 1.165) is 23.2 Å². The third kappa shape index (κ3) is 4.82. The van der Waals surface area contributed by atoms with Gasteiger partial charge in [-0.2, -0.15) is 0 Å². The summed E-state index contributed by atoms with van der Waals surface area (Å²) >= 11 is 3.32. The molecule has 6 heteroatoms. The topological polar surface area (TPSA) is 61.4 Å². The van der Waals surface area contributed by atoms with Gasteiger partial charge < -0.3 is 15.5 Å². The Morgan fingerprint density at radius 3 is 1.76 bits per heavy atom. The second-order valence-corrected chi connectivity index (χ2v) is 6.93. The van der Waals surface area contributed by atoms with Gasteiger partial charge in [-0.25, -0.2) is 0 Å². The third-order valence-corrected chi connectivity index (χ3v) is 4.68. The van der Waals surface area contributed by atoms with Crippen LogP contribution in [0.1, 0.15) is 19.3 Å². The highest BCUT2D eigenvalue weighted by Crippen LogP contribution is 2.22. The highest BCUT2D eigenvalue weighted by Gasteiger charge is 2.15. The lowest BCUT2D eigenvalue weighted by molar-refractivity contribution is -0.132. The van der Waals surface area contributed by atoms with E-state index in [1.165, 1.54) is 19.3 Å². The second kappa shape index (κ2) is 8.16. The number of nitrogens with zero attached hydrogens (tertiary/aromatic N) is 1. The largest absolute Gasteiger partial charge is 0.372 e. The molecule has 3 rings (SSSR count). The molecule has 2 amide bonds. The molecule has 5 nitrogen and oxygen atoms in total. The molecule has 0 atom stereocenters. The van der Waals surface area contributed by atoms with Gasteiger partial charge in [0.15, 0.2) is 0 Å². The van der Waals surface area contributed by atoms with Gasteiger partial charge in [0.25, 0.3) is 0 Å². The van der Waals surface area contributed by atoms with E-state index in [9.17, 15) is 9.59 Å². The Morgan fingerprint density at radius 1 is 0.760 bits per heavy atom. The van der Waals surface area contributed by atoms with Crippen LogP contribution in [0.25, 0.3) is 0 Å². The Morgan fingerprint density at radius 2 is 1.24 bits per heavy atom. The van der Waals surface area contributed by atoms with Crippen LogP contribution in [0.2, 0.25) is 0 Å². The average molecular weight is 402 g/mol. The first-order valence-electron chi connectivity index (χ1n) is 8.35. The molecule has 1 aliphatic rings. The first kappa shape index (κ1) is 17.5. The van der Waals surface area contributed by atoms with Crippen LogP contribution in [0.3, 0.4) is 0 Å². The zero-order valence-corrected chi connectivity index (χ0v) is 15.4. The maximum absolute atomic E-state index is 12.0. The average Bonchev–Trinajstić information content (AvgIpc) is 2.65. The minimum Gasteiger partial charge on any atom is -0.372 e. The van der Waals surface area contributed by atoms with E-state index in [0.29, 0.717) is 11.4 Å². The molecule has 130 valence electrons. The fourth-order valence-corrected chi connectivity index (χ4v) is 3.08. The van der Waals surface area contributed by atoms with Crippen LogP contribution >= 0.6 is 15.9 Å². The predicted octanol–water partition coefficient (Wildman–Crippen LogP) is 4.02. The number of benzene rings is 2. The molecule has 0 bridgehead atoms. The summed E-state index contributed by atoms with van der Waals surface area (Å²) in [5, 5.41) is 5.20. The summed E-state index contributed by atoms with van der Waals surface area (Å²) in [5.74, 6) is -1.38. The van der Waals surface area contributed by atoms with E-state index in [-0.39, 0.29) is 0 Å². The molecule has 0 aromatic heterocycles. The maximum Gasteiger partial charge on any atom is 0.314 e. The van der Waals surface area contributed by atoms with Gasteiger partial charge in [0, 0.05) is 34.6 Å². The molecule has 2 N–H and O–H groups in total. The standard InChI is InChI=1S/C19H20BrN3O2/c20-14-4-6-15(7-5-14)21-18(24)19(25)22-16-8-10-17(11-9-16)23-12-2-1-3-13-23/h4-11H,1-3,12-13H2,(H,21,24)(H,22,25). The minimum absolute atomic E-state index is 0.573. The molecule has 1 heterocycles. The SMILES string of the molecule is O=C(Nc1ccc(Br)cc1)C(=O)Nc1ccc(N2CCCCC2)cc1. The highest BCUT2D eigenvalue weighted by atomic mass is 79.9. The number of amides is 2. The van der Waals surface area contributed by atoms with Gasteiger partial charge in [-0.15, -0.1) is 0 Å². The maximum atomic E-state index is 12.0. The minimum atomic E-state index is -0.692. The van der Waals surface area contributed by atoms with E-state index in [2.05, 4.69) is 31.5 Å². The summed E-state index contributed by atoms with van der Waals surface area (Å²) in [5.41, 5.74) is 2.33. The molecular formula is C19H20BrN3O2. The molecule has 0 aliphatic carbocycles. The van der Waals surface area contributed by atoms with Crippen molar-refractivity contribution in [1.29, 1.82) is 0 Å². The highest BCUT2D eigenvalue weighted by molar-refractivity contribution is 9.10. The molecule has 0 spiro atoms. The van der Waals surface area contributed by atoms with E-state index < -0.39 is 11.8 Å². The van der Waals surface area contributed by atoms with Crippen LogP contribution in [-0.2, 0) is 9.59 Å². The van der Waals surface area contributed by atoms with Crippen molar-refractivity contribution in [3.8, 4) is 0 Å². The molecular weight excluding hydrogens is 382 g/mol. The lowest BCUT2D eigenvalue weighted by Crippen LogP contribution is -2.30. The number of hydrogen-bond acceptors (Lipinski definition) is 3. The lowest BCUT2D eigenvalue weighted by Gasteiger charge is -2.28. The summed E-state index contributed by atoms with van der Waals surface area (Å²) in [6.07, 6.45) is 3.72. The van der Waals surface area contributed by atoms with Crippen LogP contribution < -0.4 is 15.5 Å². The smallest absolute Gasteiger partial charge is 0.314 e. The van der Waals surface area contributed by atoms with E-state index in [4.69, 9.17) is 0 Å². The Hall–Kier alpha value is -2.34. The van der Waals surface area contributed by atoms with Gasteiger partial charge in [0.2, 0.25) is 0 Å². The van der Waals surface area contributed by atoms with Crippen molar-refractivity contribution in [3.05, 3.63) is 53.0 Å². The number of carbonyl (C=O) groups excluding carboxylic acids is 2. The number of piperidine rings is 1. The molecule has 2 aromatic rings. The molecule has 0 radical (unpaired) electrons. The fourth-order valence-electron chi connectivity index (χ4n) is 2.82. The Labute approximate surface area is 155 Å². The van der Waals surface area contributed by atoms with Crippen LogP contribution in [-0.4, -0.2) is 24.9 Å². The van der Waals surface area contributed by atoms with Crippen molar-refractivity contribution >= 4 is 44.8 Å². The van der Waals surface area contributed by atoms with E-state index in [1.54, 1.807) is 24.3 Å². The predicted molar refractivity (Wildman–Crippen MR) is 104 cm³/mol. The van der Waals surface area contributed by atoms with Gasteiger partial charge in [-0.05, 0) is 67.8 Å². The van der Waals surface area contributed by atoms with Crippen molar-refractivity contribution in [2.45, 2.75) is 19.3 Å². The number of carbonyl (C=O) groups is 2. The van der Waals surface area contributed by atoms with Crippen molar-refractivity contribution in [2.75, 3.05) is 28.6 Å². The van der Waals surface area contributed by atoms with Crippen molar-refractivity contribution < 1.29 is 9.59 Å². The number of hydrogen-bond donors (Lipinski definition) is 2. The third-order valence-electron chi connectivity index (χ3n) is 4.15. The zero-order valence-electron chi connectivity index (χ0n) is 13.8. The first-order chi connectivity index (χ1) is 12.1. The summed E-state index contributed by atoms with van der Waals surface area (Å²) < 4.78 is 0.906. The summed E-state index contributed by atoms with van der Waals surface area (Å²) in [7, 11) is 0. The van der Waals surface area contributed by atoms with E-state index >= 15 is 0 Å². The van der Waals surface area contributed by atoms with Crippen molar-refractivity contribution in [2.24, 2.45) is 0 Å². The van der Waals surface area contributed by atoms with E-state index in [1.807, 2.05) is 24.3 Å². The van der Waals surface area contributed by atoms with Gasteiger partial charge in [-0.1, -0.05) is 15.9 Å². The molecule has 0 unspecified atom stereocenters. The van der Waals surface area contributed by atoms with Crippen LogP contribution in [0, 0.1) is 0 Å². The van der Waals surface area contributed by atoms with Gasteiger partial charge >= 0.3 is 11.8 Å². The molecule has 25 heavy (non-hydrogen) atoms. The number of halogens is 1. The van der Waals surface area contributed by atoms with Crippen LogP contribution in [0.15, 0.2) is 53.0 Å². The Balaban J connectivity index is 1.56. The monoisotopic (exact) mass is 401 g/mol. The molecule has 1 aliphatic heterocycles. The molecule has 1 saturated heterocycles.